The molecule has 208 valence electrons. The quantitative estimate of drug-likeness (QED) is 0.156. The molecular weight excluding hydrogens is 548 g/mol. The minimum absolute atomic E-state index is 0.648. The first-order valence-corrected chi connectivity index (χ1v) is 15.2. The fraction of sp³-hybridized carbons (Fsp3) is 0. The smallest absolute Gasteiger partial charge is 0.164 e. The number of hydrogen-bond donors (Lipinski definition) is 0. The molecule has 0 spiro atoms. The largest absolute Gasteiger partial charge is 0.309 e. The van der Waals surface area contributed by atoms with E-state index < -0.39 is 0 Å². The lowest BCUT2D eigenvalue weighted by Gasteiger charge is -2.13. The molecule has 0 amide bonds. The molecule has 0 saturated carbocycles. The number of fused-ring (bicyclic) bond motifs is 1. The van der Waals surface area contributed by atoms with E-state index in [0.717, 1.165) is 22.4 Å². The van der Waals surface area contributed by atoms with Crippen LogP contribution in [-0.4, -0.2) is 19.5 Å². The molecule has 2 aromatic heterocycles. The van der Waals surface area contributed by atoms with Crippen molar-refractivity contribution in [2.75, 3.05) is 0 Å². The van der Waals surface area contributed by atoms with Gasteiger partial charge in [0.15, 0.2) is 17.5 Å². The minimum Gasteiger partial charge on any atom is -0.309 e. The van der Waals surface area contributed by atoms with Crippen molar-refractivity contribution < 1.29 is 0 Å². The lowest BCUT2D eigenvalue weighted by Crippen LogP contribution is -2.01. The average molecular weight is 573 g/mol. The number of hydrogen-bond acceptors (Lipinski definition) is 3. The van der Waals surface area contributed by atoms with Gasteiger partial charge in [-0.05, 0) is 51.2 Å². The van der Waals surface area contributed by atoms with Crippen LogP contribution in [0.1, 0.15) is 0 Å². The Morgan fingerprint density at radius 3 is 1.60 bits per heavy atom. The summed E-state index contributed by atoms with van der Waals surface area (Å²) in [5, 5.41) is 10.5. The molecule has 4 nitrogen and oxygen atoms in total. The lowest BCUT2D eigenvalue weighted by molar-refractivity contribution is 1.07. The summed E-state index contributed by atoms with van der Waals surface area (Å²) in [6, 6.07) is 51.3. The van der Waals surface area contributed by atoms with Gasteiger partial charge >= 0.3 is 0 Å². The van der Waals surface area contributed by atoms with E-state index in [1.165, 1.54) is 54.1 Å². The molecule has 45 heavy (non-hydrogen) atoms. The third-order valence-electron chi connectivity index (χ3n) is 9.13. The molecule has 4 heteroatoms. The van der Waals surface area contributed by atoms with E-state index in [-0.39, 0.29) is 0 Å². The highest BCUT2D eigenvalue weighted by Gasteiger charge is 2.22. The summed E-state index contributed by atoms with van der Waals surface area (Å²) in [5.74, 6) is 1.96. The topological polar surface area (TPSA) is 43.6 Å². The molecule has 2 heterocycles. The number of nitrogens with zero attached hydrogens (tertiary/aromatic N) is 4. The predicted molar refractivity (Wildman–Crippen MR) is 185 cm³/mol. The Hall–Kier alpha value is -6.13. The average Bonchev–Trinajstić information content (AvgIpc) is 3.47. The van der Waals surface area contributed by atoms with E-state index in [4.69, 9.17) is 15.0 Å². The van der Waals surface area contributed by atoms with Crippen LogP contribution in [0.5, 0.6) is 0 Å². The van der Waals surface area contributed by atoms with Crippen molar-refractivity contribution in [3.8, 4) is 39.9 Å². The number of benzene rings is 8. The standard InChI is InChI=1S/C41H24N4/c1-3-10-27(11-4-1)39-42-40(28-12-5-2-6-13-28)44-41(43-39)29-15-7-16-30(24-29)45-33-19-9-18-32-31-17-8-14-25-20-21-26-22-23-34(45)38(37(32)33)36(26)35(25)31/h1-24H. The third-order valence-corrected chi connectivity index (χ3v) is 9.13. The maximum absolute atomic E-state index is 5.00. The fourth-order valence-corrected chi connectivity index (χ4v) is 7.19. The Kier molecular flexibility index (Phi) is 4.96. The molecule has 0 aliphatic carbocycles. The second kappa shape index (κ2) is 9.18. The van der Waals surface area contributed by atoms with Gasteiger partial charge in [-0.1, -0.05) is 121 Å². The van der Waals surface area contributed by atoms with Gasteiger partial charge in [-0.3, -0.25) is 0 Å². The van der Waals surface area contributed by atoms with E-state index >= 15 is 0 Å². The normalized spacial score (nSPS) is 12.0. The molecule has 0 N–H and O–H groups in total. The molecule has 0 unspecified atom stereocenters. The minimum atomic E-state index is 0.648. The molecule has 10 aromatic rings. The monoisotopic (exact) mass is 572 g/mol. The van der Waals surface area contributed by atoms with E-state index in [0.29, 0.717) is 17.5 Å². The van der Waals surface area contributed by atoms with Crippen LogP contribution in [0, 0.1) is 0 Å². The van der Waals surface area contributed by atoms with Crippen LogP contribution in [-0.2, 0) is 0 Å². The Bertz CT molecular complexity index is 2630. The molecule has 0 saturated heterocycles. The third kappa shape index (κ3) is 3.51. The predicted octanol–water partition coefficient (Wildman–Crippen LogP) is 10.3. The van der Waals surface area contributed by atoms with E-state index in [2.05, 4.69) is 89.5 Å². The van der Waals surface area contributed by atoms with Gasteiger partial charge < -0.3 is 4.57 Å². The molecule has 0 aliphatic heterocycles. The molecule has 0 fully saturated rings. The zero-order valence-corrected chi connectivity index (χ0v) is 24.1. The van der Waals surface area contributed by atoms with Gasteiger partial charge in [-0.2, -0.15) is 0 Å². The second-order valence-corrected chi connectivity index (χ2v) is 11.7. The Morgan fingerprint density at radius 1 is 0.356 bits per heavy atom. The van der Waals surface area contributed by atoms with Gasteiger partial charge in [0.1, 0.15) is 0 Å². The zero-order valence-electron chi connectivity index (χ0n) is 24.1. The van der Waals surface area contributed by atoms with Crippen LogP contribution >= 0.6 is 0 Å². The van der Waals surface area contributed by atoms with Crippen molar-refractivity contribution in [3.63, 3.8) is 0 Å². The van der Waals surface area contributed by atoms with E-state index in [9.17, 15) is 0 Å². The van der Waals surface area contributed by atoms with Crippen LogP contribution < -0.4 is 0 Å². The van der Waals surface area contributed by atoms with Crippen molar-refractivity contribution in [2.24, 2.45) is 0 Å². The molecule has 0 radical (unpaired) electrons. The van der Waals surface area contributed by atoms with E-state index in [1.807, 2.05) is 60.7 Å². The highest BCUT2D eigenvalue weighted by Crippen LogP contribution is 2.47. The summed E-state index contributed by atoms with van der Waals surface area (Å²) in [6.45, 7) is 0. The first kappa shape index (κ1) is 24.3. The lowest BCUT2D eigenvalue weighted by atomic mass is 9.89. The summed E-state index contributed by atoms with van der Waals surface area (Å²) >= 11 is 0. The summed E-state index contributed by atoms with van der Waals surface area (Å²) in [6.07, 6.45) is 0. The van der Waals surface area contributed by atoms with Crippen LogP contribution in [0.4, 0.5) is 0 Å². The molecule has 10 rings (SSSR count). The van der Waals surface area contributed by atoms with Gasteiger partial charge in [0, 0.05) is 38.5 Å². The van der Waals surface area contributed by atoms with Crippen molar-refractivity contribution in [1.82, 2.24) is 19.5 Å². The van der Waals surface area contributed by atoms with Gasteiger partial charge in [0.25, 0.3) is 0 Å². The Morgan fingerprint density at radius 2 is 0.889 bits per heavy atom. The van der Waals surface area contributed by atoms with Crippen LogP contribution in [0.3, 0.4) is 0 Å². The van der Waals surface area contributed by atoms with Crippen molar-refractivity contribution in [3.05, 3.63) is 146 Å². The molecule has 8 aromatic carbocycles. The summed E-state index contributed by atoms with van der Waals surface area (Å²) in [7, 11) is 0. The highest BCUT2D eigenvalue weighted by molar-refractivity contribution is 6.40. The SMILES string of the molecule is c1ccc(-c2nc(-c3ccccc3)nc(-c3cccc(-n4c5cccc6c7cccc8ccc9ccc4c(c9c87)c65)c3)n2)cc1. The Balaban J connectivity index is 1.24. The second-order valence-electron chi connectivity index (χ2n) is 11.7. The molecule has 0 atom stereocenters. The van der Waals surface area contributed by atoms with Crippen molar-refractivity contribution in [2.45, 2.75) is 0 Å². The van der Waals surface area contributed by atoms with Crippen LogP contribution in [0.25, 0.3) is 94.0 Å². The van der Waals surface area contributed by atoms with Gasteiger partial charge in [0.05, 0.1) is 11.0 Å². The summed E-state index contributed by atoms with van der Waals surface area (Å²) < 4.78 is 2.40. The summed E-state index contributed by atoms with van der Waals surface area (Å²) in [4.78, 5) is 14.9. The van der Waals surface area contributed by atoms with Crippen molar-refractivity contribution >= 4 is 54.1 Å². The molecular formula is C41H24N4. The first-order valence-electron chi connectivity index (χ1n) is 15.2. The molecule has 0 bridgehead atoms. The van der Waals surface area contributed by atoms with Gasteiger partial charge in [-0.25, -0.2) is 15.0 Å². The van der Waals surface area contributed by atoms with Gasteiger partial charge in [0.2, 0.25) is 0 Å². The van der Waals surface area contributed by atoms with Crippen LogP contribution in [0.15, 0.2) is 146 Å². The molecule has 0 aliphatic rings. The van der Waals surface area contributed by atoms with Gasteiger partial charge in [-0.15, -0.1) is 0 Å². The Labute approximate surface area is 258 Å². The maximum atomic E-state index is 5.00. The van der Waals surface area contributed by atoms with Crippen molar-refractivity contribution in [1.29, 1.82) is 0 Å². The van der Waals surface area contributed by atoms with Crippen LogP contribution in [0.2, 0.25) is 0 Å². The summed E-state index contributed by atoms with van der Waals surface area (Å²) in [5.41, 5.74) is 6.34. The maximum Gasteiger partial charge on any atom is 0.164 e. The first-order chi connectivity index (χ1) is 22.3. The highest BCUT2D eigenvalue weighted by atomic mass is 15.0. The zero-order chi connectivity index (χ0) is 29.5. The number of aromatic nitrogens is 4. The number of rotatable bonds is 4. The van der Waals surface area contributed by atoms with E-state index in [1.54, 1.807) is 0 Å². The fourth-order valence-electron chi connectivity index (χ4n) is 7.19.